The maximum atomic E-state index is 11.7. The zero-order valence-electron chi connectivity index (χ0n) is 17.4. The molecule has 1 heterocycles. The molecule has 0 radical (unpaired) electrons. The normalized spacial score (nSPS) is 18.3. The number of ether oxygens (including phenoxy) is 1. The van der Waals surface area contributed by atoms with Gasteiger partial charge in [0, 0.05) is 13.1 Å². The van der Waals surface area contributed by atoms with Gasteiger partial charge in [0.2, 0.25) is 0 Å². The summed E-state index contributed by atoms with van der Waals surface area (Å²) in [5.74, 6) is 0. The van der Waals surface area contributed by atoms with Crippen LogP contribution in [-0.2, 0) is 14.0 Å². The zero-order valence-corrected chi connectivity index (χ0v) is 17.4. The first-order valence-corrected chi connectivity index (χ1v) is 9.26. The Morgan fingerprint density at radius 1 is 1.15 bits per heavy atom. The number of nitrogens with one attached hydrogen (secondary N) is 2. The Labute approximate surface area is 162 Å². The van der Waals surface area contributed by atoms with Gasteiger partial charge in [-0.05, 0) is 66.1 Å². The summed E-state index contributed by atoms with van der Waals surface area (Å²) in [6.45, 7) is 14.5. The fourth-order valence-corrected chi connectivity index (χ4v) is 2.53. The Morgan fingerprint density at radius 2 is 1.74 bits per heavy atom. The van der Waals surface area contributed by atoms with Crippen LogP contribution in [0.2, 0.25) is 0 Å². The number of alkyl carbamates (subject to hydrolysis) is 1. The molecule has 4 N–H and O–H groups in total. The van der Waals surface area contributed by atoms with Crippen LogP contribution < -0.4 is 21.8 Å². The van der Waals surface area contributed by atoms with Crippen LogP contribution in [0.5, 0.6) is 0 Å². The Bertz CT molecular complexity index is 670. The van der Waals surface area contributed by atoms with Gasteiger partial charge in [-0.15, -0.1) is 0 Å². The van der Waals surface area contributed by atoms with Gasteiger partial charge >= 0.3 is 13.2 Å². The molecule has 0 unspecified atom stereocenters. The number of rotatable bonds is 5. The van der Waals surface area contributed by atoms with Crippen LogP contribution >= 0.6 is 0 Å². The minimum absolute atomic E-state index is 0.399. The van der Waals surface area contributed by atoms with E-state index in [1.807, 2.05) is 66.7 Å². The molecule has 7 nitrogen and oxygen atoms in total. The number of hydrogen-bond donors (Lipinski definition) is 3. The third-order valence-corrected chi connectivity index (χ3v) is 4.71. The van der Waals surface area contributed by atoms with Crippen molar-refractivity contribution in [2.24, 2.45) is 0 Å². The van der Waals surface area contributed by atoms with E-state index < -0.39 is 30.0 Å². The average molecular weight is 377 g/mol. The van der Waals surface area contributed by atoms with Crippen molar-refractivity contribution in [1.82, 2.24) is 5.32 Å². The lowest BCUT2D eigenvalue weighted by Gasteiger charge is -2.32. The quantitative estimate of drug-likeness (QED) is 0.415. The smallest absolute Gasteiger partial charge is 0.444 e. The molecule has 2 rings (SSSR count). The van der Waals surface area contributed by atoms with E-state index in [4.69, 9.17) is 19.8 Å². The third kappa shape index (κ3) is 5.53. The lowest BCUT2D eigenvalue weighted by atomic mass is 9.79. The maximum Gasteiger partial charge on any atom is 0.494 e. The molecule has 27 heavy (non-hydrogen) atoms. The summed E-state index contributed by atoms with van der Waals surface area (Å²) in [5, 5.41) is 5.94. The van der Waals surface area contributed by atoms with E-state index in [0.29, 0.717) is 18.8 Å². The predicted molar refractivity (Wildman–Crippen MR) is 109 cm³/mol. The summed E-state index contributed by atoms with van der Waals surface area (Å²) >= 11 is 0. The summed E-state index contributed by atoms with van der Waals surface area (Å²) in [7, 11) is -0.448. The van der Waals surface area contributed by atoms with Crippen LogP contribution in [0.15, 0.2) is 18.2 Å². The van der Waals surface area contributed by atoms with Crippen LogP contribution in [-0.4, -0.2) is 43.1 Å². The second kappa shape index (κ2) is 7.60. The fraction of sp³-hybridized carbons (Fsp3) is 0.632. The third-order valence-electron chi connectivity index (χ3n) is 4.71. The van der Waals surface area contributed by atoms with E-state index in [1.165, 1.54) is 0 Å². The number of amides is 1. The summed E-state index contributed by atoms with van der Waals surface area (Å²) in [5.41, 5.74) is 7.03. The molecule has 1 saturated heterocycles. The Hall–Kier alpha value is -1.93. The Morgan fingerprint density at radius 3 is 2.30 bits per heavy atom. The van der Waals surface area contributed by atoms with Crippen molar-refractivity contribution in [3.63, 3.8) is 0 Å². The van der Waals surface area contributed by atoms with Crippen LogP contribution in [0.1, 0.15) is 48.5 Å². The zero-order chi connectivity index (χ0) is 20.5. The lowest BCUT2D eigenvalue weighted by molar-refractivity contribution is 0.00578. The van der Waals surface area contributed by atoms with E-state index in [-0.39, 0.29) is 0 Å². The Balaban J connectivity index is 1.93. The second-order valence-corrected chi connectivity index (χ2v) is 8.79. The highest BCUT2D eigenvalue weighted by Crippen LogP contribution is 2.36. The molecular formula is C19H32BN3O4. The molecule has 0 aliphatic carbocycles. The number of carbonyl (C=O) groups is 1. The van der Waals surface area contributed by atoms with E-state index in [2.05, 4.69) is 10.6 Å². The first-order valence-electron chi connectivity index (χ1n) is 9.26. The van der Waals surface area contributed by atoms with Crippen LogP contribution in [0, 0.1) is 0 Å². The summed E-state index contributed by atoms with van der Waals surface area (Å²) in [6.07, 6.45) is -0.441. The van der Waals surface area contributed by atoms with Crippen LogP contribution in [0.25, 0.3) is 0 Å². The monoisotopic (exact) mass is 377 g/mol. The van der Waals surface area contributed by atoms with Gasteiger partial charge in [0.05, 0.1) is 22.6 Å². The van der Waals surface area contributed by atoms with Crippen molar-refractivity contribution in [3.05, 3.63) is 18.2 Å². The average Bonchev–Trinajstić information content (AvgIpc) is 2.71. The van der Waals surface area contributed by atoms with Gasteiger partial charge < -0.3 is 30.4 Å². The molecule has 8 heteroatoms. The minimum Gasteiger partial charge on any atom is -0.444 e. The highest BCUT2D eigenvalue weighted by Gasteiger charge is 2.51. The molecule has 0 atom stereocenters. The van der Waals surface area contributed by atoms with Crippen molar-refractivity contribution in [2.75, 3.05) is 24.1 Å². The largest absolute Gasteiger partial charge is 0.494 e. The molecule has 1 aromatic carbocycles. The molecule has 0 bridgehead atoms. The minimum atomic E-state index is -0.515. The summed E-state index contributed by atoms with van der Waals surface area (Å²) in [6, 6.07) is 5.65. The number of nitrogens with two attached hydrogens (primary N) is 1. The second-order valence-electron chi connectivity index (χ2n) is 8.79. The number of anilines is 2. The van der Waals surface area contributed by atoms with Gasteiger partial charge in [-0.2, -0.15) is 0 Å². The first-order chi connectivity index (χ1) is 12.3. The molecule has 1 aliphatic heterocycles. The molecule has 0 aromatic heterocycles. The highest BCUT2D eigenvalue weighted by atomic mass is 16.7. The topological polar surface area (TPSA) is 94.8 Å². The molecule has 1 aliphatic rings. The fourth-order valence-electron chi connectivity index (χ4n) is 2.53. The molecule has 0 saturated carbocycles. The summed E-state index contributed by atoms with van der Waals surface area (Å²) < 4.78 is 17.4. The highest BCUT2D eigenvalue weighted by molar-refractivity contribution is 6.62. The van der Waals surface area contributed by atoms with Crippen molar-refractivity contribution < 1.29 is 18.8 Å². The van der Waals surface area contributed by atoms with Crippen molar-refractivity contribution in [3.8, 4) is 0 Å². The van der Waals surface area contributed by atoms with E-state index >= 15 is 0 Å². The number of benzene rings is 1. The van der Waals surface area contributed by atoms with Gasteiger partial charge in [-0.25, -0.2) is 4.79 Å². The number of hydrogen-bond acceptors (Lipinski definition) is 6. The standard InChI is InChI=1S/C19H32BN3O4/c1-17(2,3)25-16(24)23-11-10-22-15-12-13(8-9-14(15)21)20-26-18(4,5)19(6,7)27-20/h8-9,12,22H,10-11,21H2,1-7H3,(H,23,24). The molecule has 1 aromatic rings. The summed E-state index contributed by atoms with van der Waals surface area (Å²) in [4.78, 5) is 11.7. The van der Waals surface area contributed by atoms with Crippen molar-refractivity contribution in [2.45, 2.75) is 65.3 Å². The maximum absolute atomic E-state index is 11.7. The molecule has 1 fully saturated rings. The van der Waals surface area contributed by atoms with Crippen LogP contribution in [0.4, 0.5) is 16.2 Å². The van der Waals surface area contributed by atoms with E-state index in [0.717, 1.165) is 11.2 Å². The van der Waals surface area contributed by atoms with E-state index in [1.54, 1.807) is 0 Å². The first kappa shape index (κ1) is 21.4. The predicted octanol–water partition coefficient (Wildman–Crippen LogP) is 2.50. The van der Waals surface area contributed by atoms with Gasteiger partial charge in [-0.1, -0.05) is 6.07 Å². The van der Waals surface area contributed by atoms with Gasteiger partial charge in [0.1, 0.15) is 5.60 Å². The van der Waals surface area contributed by atoms with E-state index in [9.17, 15) is 4.79 Å². The molecule has 150 valence electrons. The van der Waals surface area contributed by atoms with Gasteiger partial charge in [0.15, 0.2) is 0 Å². The lowest BCUT2D eigenvalue weighted by Crippen LogP contribution is -2.41. The number of nitrogen functional groups attached to an aromatic ring is 1. The number of carbonyl (C=O) groups excluding carboxylic acids is 1. The molecule has 0 spiro atoms. The van der Waals surface area contributed by atoms with Crippen LogP contribution in [0.3, 0.4) is 0 Å². The SMILES string of the molecule is CC(C)(C)OC(=O)NCCNc1cc(B2OC(C)(C)C(C)(C)O2)ccc1N. The van der Waals surface area contributed by atoms with Gasteiger partial charge in [0.25, 0.3) is 0 Å². The van der Waals surface area contributed by atoms with Crippen molar-refractivity contribution in [1.29, 1.82) is 0 Å². The van der Waals surface area contributed by atoms with Crippen molar-refractivity contribution >= 4 is 30.0 Å². The molecular weight excluding hydrogens is 345 g/mol. The molecule has 1 amide bonds. The Kier molecular flexibility index (Phi) is 6.02. The van der Waals surface area contributed by atoms with Gasteiger partial charge in [-0.3, -0.25) is 0 Å².